The van der Waals surface area contributed by atoms with Gasteiger partial charge in [-0.2, -0.15) is 0 Å². The molecule has 0 amide bonds. The molecule has 0 aliphatic heterocycles. The molecule has 0 bridgehead atoms. The van der Waals surface area contributed by atoms with Gasteiger partial charge in [0.1, 0.15) is 11.5 Å². The van der Waals surface area contributed by atoms with Crippen molar-refractivity contribution < 1.29 is 10.2 Å². The third-order valence-corrected chi connectivity index (χ3v) is 4.33. The van der Waals surface area contributed by atoms with Crippen LogP contribution in [0.25, 0.3) is 0 Å². The summed E-state index contributed by atoms with van der Waals surface area (Å²) in [6.07, 6.45) is 3.11. The number of rotatable bonds is 6. The summed E-state index contributed by atoms with van der Waals surface area (Å²) in [5, 5.41) is 20.6. The van der Waals surface area contributed by atoms with E-state index in [9.17, 15) is 10.2 Å². The second-order valence-corrected chi connectivity index (χ2v) is 6.08. The van der Waals surface area contributed by atoms with E-state index in [1.54, 1.807) is 12.1 Å². The molecule has 0 aliphatic rings. The van der Waals surface area contributed by atoms with Gasteiger partial charge in [0.15, 0.2) is 0 Å². The minimum atomic E-state index is 0.270. The molecule has 0 fully saturated rings. The SMILES string of the molecule is Oc1cc(CCc2ccccc2)c(O)cc1CCc1ccccc1. The summed E-state index contributed by atoms with van der Waals surface area (Å²) in [7, 11) is 0. The standard InChI is InChI=1S/C22H22O2/c23-21-16-20(14-12-18-9-5-2-6-10-18)22(24)15-19(21)13-11-17-7-3-1-4-8-17/h1-10,15-16,23-24H,11-14H2. The number of hydrogen-bond donors (Lipinski definition) is 2. The molecule has 0 heterocycles. The lowest BCUT2D eigenvalue weighted by molar-refractivity contribution is 0.448. The van der Waals surface area contributed by atoms with E-state index in [4.69, 9.17) is 0 Å². The van der Waals surface area contributed by atoms with Crippen molar-refractivity contribution in [1.29, 1.82) is 0 Å². The van der Waals surface area contributed by atoms with Gasteiger partial charge >= 0.3 is 0 Å². The van der Waals surface area contributed by atoms with Gasteiger partial charge in [-0.05, 0) is 60.1 Å². The van der Waals surface area contributed by atoms with Crippen LogP contribution in [-0.2, 0) is 25.7 Å². The maximum absolute atomic E-state index is 10.3. The van der Waals surface area contributed by atoms with Gasteiger partial charge in [-0.3, -0.25) is 0 Å². The highest BCUT2D eigenvalue weighted by atomic mass is 16.3. The topological polar surface area (TPSA) is 40.5 Å². The first-order valence-electron chi connectivity index (χ1n) is 8.34. The molecule has 0 saturated carbocycles. The number of phenols is 2. The largest absolute Gasteiger partial charge is 0.508 e. The molecule has 3 aromatic carbocycles. The summed E-state index contributed by atoms with van der Waals surface area (Å²) < 4.78 is 0. The van der Waals surface area contributed by atoms with Crippen LogP contribution >= 0.6 is 0 Å². The van der Waals surface area contributed by atoms with Crippen LogP contribution in [-0.4, -0.2) is 10.2 Å². The number of phenolic OH excluding ortho intramolecular Hbond substituents is 2. The fourth-order valence-electron chi connectivity index (χ4n) is 2.91. The lowest BCUT2D eigenvalue weighted by atomic mass is 9.98. The molecule has 24 heavy (non-hydrogen) atoms. The van der Waals surface area contributed by atoms with Crippen molar-refractivity contribution in [3.63, 3.8) is 0 Å². The Morgan fingerprint density at radius 2 is 0.875 bits per heavy atom. The maximum Gasteiger partial charge on any atom is 0.119 e. The minimum absolute atomic E-state index is 0.270. The van der Waals surface area contributed by atoms with Gasteiger partial charge in [-0.25, -0.2) is 0 Å². The quantitative estimate of drug-likeness (QED) is 0.649. The Kier molecular flexibility index (Phi) is 5.17. The summed E-state index contributed by atoms with van der Waals surface area (Å²) in [4.78, 5) is 0. The monoisotopic (exact) mass is 318 g/mol. The fraction of sp³-hybridized carbons (Fsp3) is 0.182. The van der Waals surface area contributed by atoms with Crippen LogP contribution in [0.1, 0.15) is 22.3 Å². The Morgan fingerprint density at radius 1 is 0.500 bits per heavy atom. The predicted molar refractivity (Wildman–Crippen MR) is 97.5 cm³/mol. The Bertz CT molecular complexity index is 711. The number of benzene rings is 3. The van der Waals surface area contributed by atoms with Crippen LogP contribution < -0.4 is 0 Å². The smallest absolute Gasteiger partial charge is 0.119 e. The zero-order chi connectivity index (χ0) is 16.8. The molecule has 2 heteroatoms. The normalized spacial score (nSPS) is 10.7. The van der Waals surface area contributed by atoms with E-state index in [0.717, 1.165) is 24.0 Å². The number of hydrogen-bond acceptors (Lipinski definition) is 2. The average molecular weight is 318 g/mol. The van der Waals surface area contributed by atoms with Gasteiger partial charge in [0, 0.05) is 0 Å². The van der Waals surface area contributed by atoms with Crippen molar-refractivity contribution in [3.05, 3.63) is 95.1 Å². The zero-order valence-electron chi connectivity index (χ0n) is 13.7. The molecular formula is C22H22O2. The van der Waals surface area contributed by atoms with Crippen LogP contribution in [0, 0.1) is 0 Å². The van der Waals surface area contributed by atoms with Gasteiger partial charge in [-0.15, -0.1) is 0 Å². The van der Waals surface area contributed by atoms with Gasteiger partial charge in [0.05, 0.1) is 0 Å². The van der Waals surface area contributed by atoms with Crippen LogP contribution in [0.5, 0.6) is 11.5 Å². The number of aromatic hydroxyl groups is 2. The van der Waals surface area contributed by atoms with E-state index >= 15 is 0 Å². The first-order valence-corrected chi connectivity index (χ1v) is 8.34. The van der Waals surface area contributed by atoms with Gasteiger partial charge in [-0.1, -0.05) is 60.7 Å². The molecule has 0 radical (unpaired) electrons. The Hall–Kier alpha value is -2.74. The highest BCUT2D eigenvalue weighted by Gasteiger charge is 2.09. The van der Waals surface area contributed by atoms with Crippen LogP contribution in [0.15, 0.2) is 72.8 Å². The third-order valence-electron chi connectivity index (χ3n) is 4.33. The second kappa shape index (κ2) is 7.69. The second-order valence-electron chi connectivity index (χ2n) is 6.08. The Balaban J connectivity index is 1.67. The Labute approximate surface area is 143 Å². The van der Waals surface area contributed by atoms with Crippen molar-refractivity contribution in [2.75, 3.05) is 0 Å². The molecule has 2 N–H and O–H groups in total. The van der Waals surface area contributed by atoms with E-state index in [1.165, 1.54) is 11.1 Å². The molecule has 0 atom stereocenters. The predicted octanol–water partition coefficient (Wildman–Crippen LogP) is 4.67. The molecule has 2 nitrogen and oxygen atoms in total. The minimum Gasteiger partial charge on any atom is -0.508 e. The zero-order valence-corrected chi connectivity index (χ0v) is 13.7. The van der Waals surface area contributed by atoms with Crippen molar-refractivity contribution >= 4 is 0 Å². The molecule has 0 aliphatic carbocycles. The van der Waals surface area contributed by atoms with Gasteiger partial charge < -0.3 is 10.2 Å². The fourth-order valence-corrected chi connectivity index (χ4v) is 2.91. The van der Waals surface area contributed by atoms with Crippen molar-refractivity contribution in [2.45, 2.75) is 25.7 Å². The summed E-state index contributed by atoms with van der Waals surface area (Å²) in [5.74, 6) is 0.540. The highest BCUT2D eigenvalue weighted by molar-refractivity contribution is 5.45. The van der Waals surface area contributed by atoms with E-state index in [0.29, 0.717) is 12.8 Å². The van der Waals surface area contributed by atoms with E-state index in [-0.39, 0.29) is 11.5 Å². The van der Waals surface area contributed by atoms with Crippen molar-refractivity contribution in [2.24, 2.45) is 0 Å². The summed E-state index contributed by atoms with van der Waals surface area (Å²) in [6, 6.07) is 23.8. The molecule has 0 spiro atoms. The van der Waals surface area contributed by atoms with E-state index in [1.807, 2.05) is 36.4 Å². The highest BCUT2D eigenvalue weighted by Crippen LogP contribution is 2.29. The molecular weight excluding hydrogens is 296 g/mol. The molecule has 0 aromatic heterocycles. The van der Waals surface area contributed by atoms with Gasteiger partial charge in [0.2, 0.25) is 0 Å². The van der Waals surface area contributed by atoms with Crippen LogP contribution in [0.2, 0.25) is 0 Å². The molecule has 0 unspecified atom stereocenters. The van der Waals surface area contributed by atoms with Gasteiger partial charge in [0.25, 0.3) is 0 Å². The van der Waals surface area contributed by atoms with Crippen LogP contribution in [0.3, 0.4) is 0 Å². The molecule has 122 valence electrons. The first-order chi connectivity index (χ1) is 11.7. The lowest BCUT2D eigenvalue weighted by Crippen LogP contribution is -1.96. The maximum atomic E-state index is 10.3. The van der Waals surface area contributed by atoms with E-state index in [2.05, 4.69) is 24.3 Å². The average Bonchev–Trinajstić information content (AvgIpc) is 2.62. The number of aryl methyl sites for hydroxylation is 4. The summed E-state index contributed by atoms with van der Waals surface area (Å²) >= 11 is 0. The third kappa shape index (κ3) is 4.17. The van der Waals surface area contributed by atoms with Crippen molar-refractivity contribution in [3.8, 4) is 11.5 Å². The lowest BCUT2D eigenvalue weighted by Gasteiger charge is -2.10. The Morgan fingerprint density at radius 3 is 1.25 bits per heavy atom. The van der Waals surface area contributed by atoms with E-state index < -0.39 is 0 Å². The molecule has 3 aromatic rings. The first kappa shape index (κ1) is 16.1. The summed E-state index contributed by atoms with van der Waals surface area (Å²) in [6.45, 7) is 0. The molecule has 3 rings (SSSR count). The molecule has 0 saturated heterocycles. The van der Waals surface area contributed by atoms with Crippen LogP contribution in [0.4, 0.5) is 0 Å². The van der Waals surface area contributed by atoms with Crippen molar-refractivity contribution in [1.82, 2.24) is 0 Å². The summed E-state index contributed by atoms with van der Waals surface area (Å²) in [5.41, 5.74) is 4.04.